The summed E-state index contributed by atoms with van der Waals surface area (Å²) < 4.78 is 7.27. The number of hydrogen-bond donors (Lipinski definition) is 1. The molecule has 0 aliphatic rings. The number of para-hydroxylation sites is 1. The van der Waals surface area contributed by atoms with E-state index in [9.17, 15) is 4.79 Å². The van der Waals surface area contributed by atoms with Crippen molar-refractivity contribution in [3.8, 4) is 5.69 Å². The molecular formula is C26H30N4O2. The van der Waals surface area contributed by atoms with E-state index >= 15 is 0 Å². The summed E-state index contributed by atoms with van der Waals surface area (Å²) >= 11 is 0. The van der Waals surface area contributed by atoms with Gasteiger partial charge in [0.05, 0.1) is 17.6 Å². The summed E-state index contributed by atoms with van der Waals surface area (Å²) in [6.07, 6.45) is 4.44. The number of carbonyl (C=O) groups excluding carboxylic acids is 1. The van der Waals surface area contributed by atoms with Crippen LogP contribution in [0.15, 0.2) is 53.1 Å². The van der Waals surface area contributed by atoms with Crippen LogP contribution in [0.5, 0.6) is 0 Å². The minimum atomic E-state index is 0.0625. The molecule has 3 aromatic heterocycles. The first-order valence-electron chi connectivity index (χ1n) is 11.2. The number of benzene rings is 1. The van der Waals surface area contributed by atoms with Gasteiger partial charge in [0.15, 0.2) is 5.65 Å². The van der Waals surface area contributed by atoms with Gasteiger partial charge in [0.25, 0.3) is 0 Å². The van der Waals surface area contributed by atoms with Gasteiger partial charge in [-0.1, -0.05) is 18.2 Å². The van der Waals surface area contributed by atoms with Crippen molar-refractivity contribution in [1.29, 1.82) is 0 Å². The highest BCUT2D eigenvalue weighted by molar-refractivity contribution is 5.85. The lowest BCUT2D eigenvalue weighted by molar-refractivity contribution is -0.121. The van der Waals surface area contributed by atoms with Gasteiger partial charge in [0.2, 0.25) is 5.91 Å². The Hall–Kier alpha value is -3.41. The maximum Gasteiger partial charge on any atom is 0.220 e. The Labute approximate surface area is 188 Å². The average Bonchev–Trinajstić information content (AvgIpc) is 3.40. The summed E-state index contributed by atoms with van der Waals surface area (Å²) in [4.78, 5) is 17.4. The van der Waals surface area contributed by atoms with Crippen molar-refractivity contribution >= 4 is 16.9 Å². The number of furan rings is 1. The molecule has 0 saturated carbocycles. The van der Waals surface area contributed by atoms with Gasteiger partial charge in [-0.3, -0.25) is 4.79 Å². The van der Waals surface area contributed by atoms with Crippen molar-refractivity contribution in [3.63, 3.8) is 0 Å². The first kappa shape index (κ1) is 21.8. The quantitative estimate of drug-likeness (QED) is 0.426. The van der Waals surface area contributed by atoms with Crippen LogP contribution < -0.4 is 5.32 Å². The van der Waals surface area contributed by atoms with Crippen molar-refractivity contribution in [2.24, 2.45) is 0 Å². The van der Waals surface area contributed by atoms with E-state index in [0.717, 1.165) is 57.8 Å². The summed E-state index contributed by atoms with van der Waals surface area (Å²) in [6, 6.07) is 14.0. The van der Waals surface area contributed by atoms with E-state index in [0.29, 0.717) is 12.8 Å². The van der Waals surface area contributed by atoms with Gasteiger partial charge in [-0.15, -0.1) is 0 Å². The Kier molecular flexibility index (Phi) is 6.40. The summed E-state index contributed by atoms with van der Waals surface area (Å²) in [5.74, 6) is 1.01. The lowest BCUT2D eigenvalue weighted by Gasteiger charge is -2.15. The van der Waals surface area contributed by atoms with Crippen LogP contribution in [0, 0.1) is 20.8 Å². The van der Waals surface area contributed by atoms with Crippen molar-refractivity contribution in [2.75, 3.05) is 0 Å². The van der Waals surface area contributed by atoms with Crippen LogP contribution in [0.1, 0.15) is 48.0 Å². The SMILES string of the molecule is Cc1nc2c(c(C)nn2-c2ccccc2)c(C)c1CCC(=O)N[C@@H](C)CCc1ccco1. The molecule has 0 radical (unpaired) electrons. The van der Waals surface area contributed by atoms with Crippen molar-refractivity contribution in [2.45, 2.75) is 59.4 Å². The van der Waals surface area contributed by atoms with Gasteiger partial charge in [-0.05, 0) is 75.9 Å². The molecule has 166 valence electrons. The molecule has 0 bridgehead atoms. The predicted octanol–water partition coefficient (Wildman–Crippen LogP) is 5.01. The van der Waals surface area contributed by atoms with Crippen LogP contribution in [-0.4, -0.2) is 26.7 Å². The first-order chi connectivity index (χ1) is 15.4. The van der Waals surface area contributed by atoms with Gasteiger partial charge < -0.3 is 9.73 Å². The molecule has 1 atom stereocenters. The van der Waals surface area contributed by atoms with Crippen molar-refractivity contribution in [1.82, 2.24) is 20.1 Å². The van der Waals surface area contributed by atoms with E-state index in [4.69, 9.17) is 14.5 Å². The molecule has 6 heteroatoms. The molecule has 1 aromatic carbocycles. The molecule has 0 fully saturated rings. The van der Waals surface area contributed by atoms with Crippen LogP contribution in [0.4, 0.5) is 0 Å². The van der Waals surface area contributed by atoms with Crippen LogP contribution in [0.3, 0.4) is 0 Å². The molecule has 0 aliphatic carbocycles. The van der Waals surface area contributed by atoms with Gasteiger partial charge in [0.1, 0.15) is 5.76 Å². The highest BCUT2D eigenvalue weighted by Gasteiger charge is 2.18. The van der Waals surface area contributed by atoms with Crippen LogP contribution >= 0.6 is 0 Å². The number of nitrogens with zero attached hydrogens (tertiary/aromatic N) is 3. The number of amides is 1. The number of aromatic nitrogens is 3. The number of fused-ring (bicyclic) bond motifs is 1. The lowest BCUT2D eigenvalue weighted by atomic mass is 9.99. The standard InChI is InChI=1S/C26H30N4O2/c1-17(12-13-22-11-8-16-32-22)27-24(31)15-14-23-18(2)25-20(4)29-30(26(25)28-19(23)3)21-9-6-5-7-10-21/h5-11,16-17H,12-15H2,1-4H3,(H,27,31)/t17-/m0/s1. The van der Waals surface area contributed by atoms with E-state index in [1.165, 1.54) is 0 Å². The second kappa shape index (κ2) is 9.39. The van der Waals surface area contributed by atoms with E-state index in [1.807, 2.05) is 67.9 Å². The Balaban J connectivity index is 1.46. The minimum absolute atomic E-state index is 0.0625. The Bertz CT molecular complexity index is 1210. The molecule has 4 aromatic rings. The third-order valence-corrected chi connectivity index (χ3v) is 5.99. The molecule has 0 spiro atoms. The van der Waals surface area contributed by atoms with Gasteiger partial charge >= 0.3 is 0 Å². The van der Waals surface area contributed by atoms with Crippen LogP contribution in [0.25, 0.3) is 16.7 Å². The molecule has 6 nitrogen and oxygen atoms in total. The maximum atomic E-state index is 12.6. The Morgan fingerprint density at radius 1 is 1.06 bits per heavy atom. The summed E-state index contributed by atoms with van der Waals surface area (Å²) in [5.41, 5.74) is 6.05. The number of pyridine rings is 1. The van der Waals surface area contributed by atoms with Crippen molar-refractivity contribution in [3.05, 3.63) is 77.0 Å². The number of hydrogen-bond acceptors (Lipinski definition) is 4. The Morgan fingerprint density at radius 2 is 1.84 bits per heavy atom. The first-order valence-corrected chi connectivity index (χ1v) is 11.2. The smallest absolute Gasteiger partial charge is 0.220 e. The molecule has 0 unspecified atom stereocenters. The van der Waals surface area contributed by atoms with Gasteiger partial charge in [0, 0.05) is 30.0 Å². The van der Waals surface area contributed by atoms with Crippen LogP contribution in [0.2, 0.25) is 0 Å². The van der Waals surface area contributed by atoms with Gasteiger partial charge in [-0.25, -0.2) is 9.67 Å². The number of nitrogens with one attached hydrogen (secondary N) is 1. The molecule has 4 rings (SSSR count). The molecule has 0 saturated heterocycles. The summed E-state index contributed by atoms with van der Waals surface area (Å²) in [7, 11) is 0. The average molecular weight is 431 g/mol. The molecule has 0 aliphatic heterocycles. The fourth-order valence-electron chi connectivity index (χ4n) is 4.29. The summed E-state index contributed by atoms with van der Waals surface area (Å²) in [6.45, 7) is 8.18. The molecular weight excluding hydrogens is 400 g/mol. The second-order valence-corrected chi connectivity index (χ2v) is 8.42. The molecule has 32 heavy (non-hydrogen) atoms. The predicted molar refractivity (Wildman–Crippen MR) is 126 cm³/mol. The van der Waals surface area contributed by atoms with E-state index < -0.39 is 0 Å². The summed E-state index contributed by atoms with van der Waals surface area (Å²) in [5, 5.41) is 8.93. The molecule has 1 amide bonds. The van der Waals surface area contributed by atoms with Crippen LogP contribution in [-0.2, 0) is 17.6 Å². The number of carbonyl (C=O) groups is 1. The lowest BCUT2D eigenvalue weighted by Crippen LogP contribution is -2.33. The van der Waals surface area contributed by atoms with Crippen molar-refractivity contribution < 1.29 is 9.21 Å². The zero-order valence-electron chi connectivity index (χ0n) is 19.2. The topological polar surface area (TPSA) is 73.0 Å². The monoisotopic (exact) mass is 430 g/mol. The van der Waals surface area contributed by atoms with E-state index in [-0.39, 0.29) is 11.9 Å². The van der Waals surface area contributed by atoms with E-state index in [1.54, 1.807) is 6.26 Å². The zero-order chi connectivity index (χ0) is 22.7. The third kappa shape index (κ3) is 4.59. The number of aryl methyl sites for hydroxylation is 4. The molecule has 1 N–H and O–H groups in total. The number of rotatable bonds is 8. The Morgan fingerprint density at radius 3 is 2.56 bits per heavy atom. The van der Waals surface area contributed by atoms with E-state index in [2.05, 4.69) is 12.2 Å². The van der Waals surface area contributed by atoms with Gasteiger partial charge in [-0.2, -0.15) is 5.10 Å². The zero-order valence-corrected chi connectivity index (χ0v) is 19.2. The highest BCUT2D eigenvalue weighted by atomic mass is 16.3. The fraction of sp³-hybridized carbons (Fsp3) is 0.346. The maximum absolute atomic E-state index is 12.6. The molecule has 3 heterocycles. The highest BCUT2D eigenvalue weighted by Crippen LogP contribution is 2.28. The fourth-order valence-corrected chi connectivity index (χ4v) is 4.29. The third-order valence-electron chi connectivity index (χ3n) is 5.99. The largest absolute Gasteiger partial charge is 0.469 e. The normalized spacial score (nSPS) is 12.2. The minimum Gasteiger partial charge on any atom is -0.469 e. The second-order valence-electron chi connectivity index (χ2n) is 8.42.